The highest BCUT2D eigenvalue weighted by molar-refractivity contribution is 7.90. The summed E-state index contributed by atoms with van der Waals surface area (Å²) in [7, 11) is -1.40. The topological polar surface area (TPSA) is 91.0 Å². The summed E-state index contributed by atoms with van der Waals surface area (Å²) in [5.74, 6) is 0. The van der Waals surface area contributed by atoms with Crippen LogP contribution in [0.5, 0.6) is 0 Å². The molecule has 0 atom stereocenters. The van der Waals surface area contributed by atoms with Gasteiger partial charge in [0, 0.05) is 0 Å². The lowest BCUT2D eigenvalue weighted by Crippen LogP contribution is -2.10. The van der Waals surface area contributed by atoms with Gasteiger partial charge in [-0.15, -0.1) is 0 Å². The number of nitrogen functional groups attached to an aromatic ring is 1. The van der Waals surface area contributed by atoms with Gasteiger partial charge in [0.2, 0.25) is 0 Å². The Morgan fingerprint density at radius 2 is 1.88 bits per heavy atom. The Balaban J connectivity index is 3.32. The molecule has 1 rings (SSSR count). The second-order valence-electron chi connectivity index (χ2n) is 3.23. The zero-order chi connectivity index (χ0) is 13.1. The summed E-state index contributed by atoms with van der Waals surface area (Å²) < 4.78 is 36.5. The van der Waals surface area contributed by atoms with Crippen LogP contribution in [-0.4, -0.2) is 28.7 Å². The van der Waals surface area contributed by atoms with Crippen LogP contribution < -0.4 is 5.73 Å². The second kappa shape index (κ2) is 5.05. The molecule has 0 aromatic heterocycles. The van der Waals surface area contributed by atoms with Gasteiger partial charge in [0.05, 0.1) is 19.9 Å². The number of para-hydroxylation sites is 1. The molecular formula is C10H14N2O4S. The first-order valence-electron chi connectivity index (χ1n) is 4.70. The molecule has 0 bridgehead atoms. The minimum absolute atomic E-state index is 0.0656. The lowest BCUT2D eigenvalue weighted by Gasteiger charge is -2.07. The fourth-order valence-corrected chi connectivity index (χ4v) is 2.32. The summed E-state index contributed by atoms with van der Waals surface area (Å²) >= 11 is 0. The second-order valence-corrected chi connectivity index (χ2v) is 4.80. The normalized spacial score (nSPS) is 10.8. The fraction of sp³-hybridized carbons (Fsp3) is 0.300. The van der Waals surface area contributed by atoms with Crippen molar-refractivity contribution in [2.24, 2.45) is 4.40 Å². The number of anilines is 1. The van der Waals surface area contributed by atoms with Gasteiger partial charge >= 0.3 is 6.08 Å². The number of hydrogen-bond acceptors (Lipinski definition) is 5. The number of ether oxygens (including phenoxy) is 2. The first-order chi connectivity index (χ1) is 7.92. The van der Waals surface area contributed by atoms with E-state index in [1.54, 1.807) is 19.1 Å². The Morgan fingerprint density at radius 3 is 2.41 bits per heavy atom. The van der Waals surface area contributed by atoms with Gasteiger partial charge in [-0.2, -0.15) is 8.42 Å². The summed E-state index contributed by atoms with van der Waals surface area (Å²) in [4.78, 5) is -0.0656. The summed E-state index contributed by atoms with van der Waals surface area (Å²) in [6, 6.07) is 4.68. The molecule has 17 heavy (non-hydrogen) atoms. The maximum absolute atomic E-state index is 11.9. The van der Waals surface area contributed by atoms with Crippen LogP contribution in [0, 0.1) is 6.92 Å². The van der Waals surface area contributed by atoms with Crippen LogP contribution in [0.3, 0.4) is 0 Å². The number of aryl methyl sites for hydroxylation is 1. The molecule has 7 heteroatoms. The highest BCUT2D eigenvalue weighted by Gasteiger charge is 2.19. The zero-order valence-electron chi connectivity index (χ0n) is 9.80. The van der Waals surface area contributed by atoms with Crippen LogP contribution in [-0.2, 0) is 19.5 Å². The third kappa shape index (κ3) is 2.88. The summed E-state index contributed by atoms with van der Waals surface area (Å²) in [5, 5.41) is 0. The van der Waals surface area contributed by atoms with Crippen LogP contribution in [0.25, 0.3) is 0 Å². The molecule has 0 unspecified atom stereocenters. The summed E-state index contributed by atoms with van der Waals surface area (Å²) in [6.45, 7) is 1.71. The van der Waals surface area contributed by atoms with Gasteiger partial charge in [0.1, 0.15) is 4.90 Å². The molecule has 0 radical (unpaired) electrons. The van der Waals surface area contributed by atoms with Crippen molar-refractivity contribution in [1.82, 2.24) is 0 Å². The Labute approximate surface area is 100 Å². The van der Waals surface area contributed by atoms with Crippen molar-refractivity contribution in [3.63, 3.8) is 0 Å². The van der Waals surface area contributed by atoms with Crippen LogP contribution in [0.4, 0.5) is 5.69 Å². The van der Waals surface area contributed by atoms with E-state index in [1.807, 2.05) is 0 Å². The number of benzene rings is 1. The lowest BCUT2D eigenvalue weighted by atomic mass is 10.2. The average Bonchev–Trinajstić information content (AvgIpc) is 2.29. The monoisotopic (exact) mass is 258 g/mol. The number of rotatable bonds is 2. The summed E-state index contributed by atoms with van der Waals surface area (Å²) in [5.41, 5.74) is 6.53. The molecule has 0 heterocycles. The molecule has 0 saturated heterocycles. The Kier molecular flexibility index (Phi) is 3.95. The third-order valence-corrected chi connectivity index (χ3v) is 3.41. The van der Waals surface area contributed by atoms with Crippen molar-refractivity contribution in [2.75, 3.05) is 20.0 Å². The van der Waals surface area contributed by atoms with E-state index in [-0.39, 0.29) is 16.7 Å². The number of methoxy groups -OCH3 is 2. The molecule has 0 spiro atoms. The molecule has 1 aromatic rings. The van der Waals surface area contributed by atoms with E-state index in [1.165, 1.54) is 20.3 Å². The van der Waals surface area contributed by atoms with Gasteiger partial charge < -0.3 is 15.2 Å². The van der Waals surface area contributed by atoms with E-state index in [0.29, 0.717) is 5.56 Å². The van der Waals surface area contributed by atoms with Crippen molar-refractivity contribution in [1.29, 1.82) is 0 Å². The molecule has 1 aromatic carbocycles. The average molecular weight is 258 g/mol. The Bertz CT molecular complexity index is 531. The van der Waals surface area contributed by atoms with Crippen molar-refractivity contribution in [3.05, 3.63) is 23.8 Å². The van der Waals surface area contributed by atoms with E-state index >= 15 is 0 Å². The SMILES string of the molecule is COC(=NS(=O)(=O)c1cccc(C)c1N)OC. The van der Waals surface area contributed by atoms with E-state index in [9.17, 15) is 8.42 Å². The van der Waals surface area contributed by atoms with Crippen molar-refractivity contribution >= 4 is 21.8 Å². The zero-order valence-corrected chi connectivity index (χ0v) is 10.6. The van der Waals surface area contributed by atoms with Crippen molar-refractivity contribution < 1.29 is 17.9 Å². The van der Waals surface area contributed by atoms with Crippen LogP contribution in [0.2, 0.25) is 0 Å². The van der Waals surface area contributed by atoms with E-state index in [4.69, 9.17) is 5.73 Å². The molecular weight excluding hydrogens is 244 g/mol. The first kappa shape index (κ1) is 13.3. The molecule has 0 saturated carbocycles. The molecule has 0 fully saturated rings. The molecule has 2 N–H and O–H groups in total. The summed E-state index contributed by atoms with van der Waals surface area (Å²) in [6.07, 6.45) is -0.342. The lowest BCUT2D eigenvalue weighted by molar-refractivity contribution is 0.244. The van der Waals surface area contributed by atoms with Crippen LogP contribution in [0.15, 0.2) is 27.5 Å². The maximum Gasteiger partial charge on any atom is 0.399 e. The van der Waals surface area contributed by atoms with E-state index in [0.717, 1.165) is 0 Å². The van der Waals surface area contributed by atoms with Crippen molar-refractivity contribution in [3.8, 4) is 0 Å². The molecule has 0 aliphatic carbocycles. The fourth-order valence-electron chi connectivity index (χ4n) is 1.18. The van der Waals surface area contributed by atoms with Gasteiger partial charge in [0.25, 0.3) is 10.0 Å². The van der Waals surface area contributed by atoms with Gasteiger partial charge in [-0.3, -0.25) is 0 Å². The van der Waals surface area contributed by atoms with Gasteiger partial charge in [0.15, 0.2) is 0 Å². The van der Waals surface area contributed by atoms with Gasteiger partial charge in [-0.1, -0.05) is 16.5 Å². The minimum atomic E-state index is -3.92. The standard InChI is InChI=1S/C10H14N2O4S/c1-7-5-4-6-8(9(7)11)17(13,14)12-10(15-2)16-3/h4-6H,11H2,1-3H3. The van der Waals surface area contributed by atoms with Crippen molar-refractivity contribution in [2.45, 2.75) is 11.8 Å². The number of sulfonamides is 1. The molecule has 0 aliphatic rings. The molecule has 94 valence electrons. The van der Waals surface area contributed by atoms with Gasteiger partial charge in [-0.25, -0.2) is 0 Å². The Hall–Kier alpha value is -1.76. The number of hydrogen-bond donors (Lipinski definition) is 1. The van der Waals surface area contributed by atoms with Gasteiger partial charge in [-0.05, 0) is 18.6 Å². The van der Waals surface area contributed by atoms with Crippen LogP contribution in [0.1, 0.15) is 5.56 Å². The van der Waals surface area contributed by atoms with Crippen LogP contribution >= 0.6 is 0 Å². The largest absolute Gasteiger partial charge is 0.453 e. The Morgan fingerprint density at radius 1 is 1.29 bits per heavy atom. The highest BCUT2D eigenvalue weighted by atomic mass is 32.2. The minimum Gasteiger partial charge on any atom is -0.453 e. The molecule has 0 aliphatic heterocycles. The number of nitrogens with two attached hydrogens (primary N) is 1. The number of nitrogens with zero attached hydrogens (tertiary/aromatic N) is 1. The molecule has 6 nitrogen and oxygen atoms in total. The maximum atomic E-state index is 11.9. The molecule has 0 amide bonds. The van der Waals surface area contributed by atoms with E-state index < -0.39 is 10.0 Å². The predicted octanol–water partition coefficient (Wildman–Crippen LogP) is 0.915. The first-order valence-corrected chi connectivity index (χ1v) is 6.14. The smallest absolute Gasteiger partial charge is 0.399 e. The third-order valence-electron chi connectivity index (χ3n) is 2.11. The quantitative estimate of drug-likeness (QED) is 0.484. The highest BCUT2D eigenvalue weighted by Crippen LogP contribution is 2.23. The van der Waals surface area contributed by atoms with E-state index in [2.05, 4.69) is 13.9 Å². The predicted molar refractivity (Wildman–Crippen MR) is 64.2 cm³/mol.